The number of nitrogens with zero attached hydrogens (tertiary/aromatic N) is 2. The molecular weight excluding hydrogens is 377 g/mol. The molecule has 28 heavy (non-hydrogen) atoms. The van der Waals surface area contributed by atoms with E-state index in [1.165, 1.54) is 17.9 Å². The van der Waals surface area contributed by atoms with Crippen LogP contribution in [0.4, 0.5) is 14.9 Å². The number of carbonyl (C=O) groups excluding carboxylic acids is 2. The van der Waals surface area contributed by atoms with Gasteiger partial charge in [0, 0.05) is 48.9 Å². The molecule has 0 saturated carbocycles. The summed E-state index contributed by atoms with van der Waals surface area (Å²) in [6, 6.07) is 14.6. The van der Waals surface area contributed by atoms with Crippen LogP contribution in [0, 0.1) is 5.82 Å². The van der Waals surface area contributed by atoms with Gasteiger partial charge in [0.05, 0.1) is 5.69 Å². The minimum atomic E-state index is -0.400. The quantitative estimate of drug-likeness (QED) is 0.456. The Balaban J connectivity index is 1.43. The fourth-order valence-electron chi connectivity index (χ4n) is 3.09. The van der Waals surface area contributed by atoms with Crippen molar-refractivity contribution < 1.29 is 14.0 Å². The Labute approximate surface area is 168 Å². The van der Waals surface area contributed by atoms with E-state index in [-0.39, 0.29) is 11.8 Å². The molecule has 2 aromatic rings. The third-order valence-electron chi connectivity index (χ3n) is 4.65. The fraction of sp³-hybridized carbons (Fsp3) is 0.333. The molecule has 1 saturated heterocycles. The van der Waals surface area contributed by atoms with Crippen LogP contribution in [0.2, 0.25) is 0 Å². The number of benzene rings is 2. The standard InChI is InChI=1S/C21H24FN3O2S/c1-16(26)17-7-8-20(19(22)15-17)24-10-12-25(13-11-24)21(27)23-9-14-28-18-5-3-2-4-6-18/h2-8,15H,9-14H2,1H3,(H,23,27). The first-order chi connectivity index (χ1) is 13.5. The molecule has 2 aromatic carbocycles. The SMILES string of the molecule is CC(=O)c1ccc(N2CCN(C(=O)NCCSc3ccccc3)CC2)c(F)c1. The van der Waals surface area contributed by atoms with E-state index in [1.54, 1.807) is 28.8 Å². The van der Waals surface area contributed by atoms with Crippen LogP contribution in [-0.2, 0) is 0 Å². The zero-order valence-electron chi connectivity index (χ0n) is 15.9. The van der Waals surface area contributed by atoms with Crippen molar-refractivity contribution in [2.75, 3.05) is 43.4 Å². The molecular formula is C21H24FN3O2S. The zero-order valence-corrected chi connectivity index (χ0v) is 16.7. The molecule has 0 unspecified atom stereocenters. The number of urea groups is 1. The average molecular weight is 402 g/mol. The van der Waals surface area contributed by atoms with Gasteiger partial charge in [0.15, 0.2) is 5.78 Å². The van der Waals surface area contributed by atoms with E-state index >= 15 is 0 Å². The molecule has 1 heterocycles. The first-order valence-electron chi connectivity index (χ1n) is 9.30. The van der Waals surface area contributed by atoms with Crippen molar-refractivity contribution in [1.29, 1.82) is 0 Å². The summed E-state index contributed by atoms with van der Waals surface area (Å²) < 4.78 is 14.3. The van der Waals surface area contributed by atoms with Crippen molar-refractivity contribution in [2.45, 2.75) is 11.8 Å². The number of anilines is 1. The van der Waals surface area contributed by atoms with E-state index in [9.17, 15) is 14.0 Å². The van der Waals surface area contributed by atoms with Crippen LogP contribution in [-0.4, -0.2) is 55.2 Å². The Kier molecular flexibility index (Phi) is 6.92. The molecule has 0 aliphatic carbocycles. The number of halogens is 1. The molecule has 0 radical (unpaired) electrons. The first-order valence-corrected chi connectivity index (χ1v) is 10.3. The average Bonchev–Trinajstić information content (AvgIpc) is 2.72. The highest BCUT2D eigenvalue weighted by molar-refractivity contribution is 7.99. The zero-order chi connectivity index (χ0) is 19.9. The number of piperazine rings is 1. The van der Waals surface area contributed by atoms with Crippen LogP contribution in [0.3, 0.4) is 0 Å². The van der Waals surface area contributed by atoms with Gasteiger partial charge >= 0.3 is 6.03 Å². The number of ketones is 1. The first kappa shape index (κ1) is 20.2. The maximum Gasteiger partial charge on any atom is 0.317 e. The monoisotopic (exact) mass is 401 g/mol. The molecule has 148 valence electrons. The summed E-state index contributed by atoms with van der Waals surface area (Å²) in [6.45, 7) is 4.20. The Hall–Kier alpha value is -2.54. The van der Waals surface area contributed by atoms with Gasteiger partial charge in [-0.05, 0) is 37.3 Å². The summed E-state index contributed by atoms with van der Waals surface area (Å²) >= 11 is 1.70. The summed E-state index contributed by atoms with van der Waals surface area (Å²) in [7, 11) is 0. The van der Waals surface area contributed by atoms with Crippen LogP contribution < -0.4 is 10.2 Å². The summed E-state index contributed by atoms with van der Waals surface area (Å²) in [5.41, 5.74) is 0.844. The molecule has 0 spiro atoms. The van der Waals surface area contributed by atoms with E-state index < -0.39 is 5.82 Å². The highest BCUT2D eigenvalue weighted by Crippen LogP contribution is 2.22. The van der Waals surface area contributed by atoms with Crippen LogP contribution in [0.5, 0.6) is 0 Å². The van der Waals surface area contributed by atoms with Crippen molar-refractivity contribution in [1.82, 2.24) is 10.2 Å². The van der Waals surface area contributed by atoms with Gasteiger partial charge in [0.1, 0.15) is 5.82 Å². The molecule has 3 rings (SSSR count). The maximum atomic E-state index is 14.3. The summed E-state index contributed by atoms with van der Waals surface area (Å²) in [5, 5.41) is 2.94. The van der Waals surface area contributed by atoms with Crippen molar-refractivity contribution >= 4 is 29.3 Å². The van der Waals surface area contributed by atoms with Crippen LogP contribution in [0.25, 0.3) is 0 Å². The van der Waals surface area contributed by atoms with Crippen LogP contribution in [0.15, 0.2) is 53.4 Å². The van der Waals surface area contributed by atoms with Gasteiger partial charge < -0.3 is 15.1 Å². The third-order valence-corrected chi connectivity index (χ3v) is 5.67. The van der Waals surface area contributed by atoms with Gasteiger partial charge in [-0.3, -0.25) is 4.79 Å². The van der Waals surface area contributed by atoms with Crippen LogP contribution >= 0.6 is 11.8 Å². The maximum absolute atomic E-state index is 14.3. The van der Waals surface area contributed by atoms with Gasteiger partial charge in [-0.1, -0.05) is 18.2 Å². The molecule has 1 aliphatic rings. The predicted octanol–water partition coefficient (Wildman–Crippen LogP) is 3.65. The van der Waals surface area contributed by atoms with E-state index in [0.29, 0.717) is 44.0 Å². The van der Waals surface area contributed by atoms with E-state index in [0.717, 1.165) is 5.75 Å². The summed E-state index contributed by atoms with van der Waals surface area (Å²) in [5.74, 6) is 0.254. The lowest BCUT2D eigenvalue weighted by molar-refractivity contribution is 0.101. The Morgan fingerprint density at radius 3 is 2.43 bits per heavy atom. The number of hydrogen-bond donors (Lipinski definition) is 1. The molecule has 0 bridgehead atoms. The van der Waals surface area contributed by atoms with Gasteiger partial charge in [-0.2, -0.15) is 0 Å². The minimum Gasteiger partial charge on any atom is -0.366 e. The van der Waals surface area contributed by atoms with Crippen molar-refractivity contribution in [3.8, 4) is 0 Å². The number of amides is 2. The Bertz CT molecular complexity index is 824. The molecule has 0 aromatic heterocycles. The van der Waals surface area contributed by atoms with Gasteiger partial charge in [-0.25, -0.2) is 9.18 Å². The number of rotatable bonds is 6. The topological polar surface area (TPSA) is 52.7 Å². The molecule has 1 N–H and O–H groups in total. The van der Waals surface area contributed by atoms with Crippen LogP contribution in [0.1, 0.15) is 17.3 Å². The number of carbonyl (C=O) groups is 2. The molecule has 1 fully saturated rings. The lowest BCUT2D eigenvalue weighted by Crippen LogP contribution is -2.52. The second-order valence-corrected chi connectivity index (χ2v) is 7.76. The number of hydrogen-bond acceptors (Lipinski definition) is 4. The van der Waals surface area contributed by atoms with Gasteiger partial charge in [0.2, 0.25) is 0 Å². The lowest BCUT2D eigenvalue weighted by Gasteiger charge is -2.36. The number of thioether (sulfide) groups is 1. The molecule has 7 heteroatoms. The number of Topliss-reactive ketones (excluding diaryl/α,β-unsaturated/α-hetero) is 1. The van der Waals surface area contributed by atoms with Crippen molar-refractivity contribution in [3.63, 3.8) is 0 Å². The third kappa shape index (κ3) is 5.25. The van der Waals surface area contributed by atoms with E-state index in [4.69, 9.17) is 0 Å². The molecule has 2 amide bonds. The predicted molar refractivity (Wildman–Crippen MR) is 111 cm³/mol. The second kappa shape index (κ2) is 9.59. The van der Waals surface area contributed by atoms with Gasteiger partial charge in [0.25, 0.3) is 0 Å². The molecule has 5 nitrogen and oxygen atoms in total. The Morgan fingerprint density at radius 2 is 1.79 bits per heavy atom. The summed E-state index contributed by atoms with van der Waals surface area (Å²) in [4.78, 5) is 28.5. The smallest absolute Gasteiger partial charge is 0.317 e. The normalized spacial score (nSPS) is 14.1. The fourth-order valence-corrected chi connectivity index (χ4v) is 3.88. The van der Waals surface area contributed by atoms with E-state index in [2.05, 4.69) is 5.32 Å². The summed E-state index contributed by atoms with van der Waals surface area (Å²) in [6.07, 6.45) is 0. The largest absolute Gasteiger partial charge is 0.366 e. The van der Waals surface area contributed by atoms with Crippen molar-refractivity contribution in [3.05, 3.63) is 59.9 Å². The minimum absolute atomic E-state index is 0.0827. The van der Waals surface area contributed by atoms with Crippen molar-refractivity contribution in [2.24, 2.45) is 0 Å². The Morgan fingerprint density at radius 1 is 1.07 bits per heavy atom. The van der Waals surface area contributed by atoms with E-state index in [1.807, 2.05) is 35.2 Å². The molecule has 1 aliphatic heterocycles. The highest BCUT2D eigenvalue weighted by Gasteiger charge is 2.23. The second-order valence-electron chi connectivity index (χ2n) is 6.59. The molecule has 0 atom stereocenters. The van der Waals surface area contributed by atoms with Gasteiger partial charge in [-0.15, -0.1) is 11.8 Å². The number of nitrogens with one attached hydrogen (secondary N) is 1. The lowest BCUT2D eigenvalue weighted by atomic mass is 10.1. The highest BCUT2D eigenvalue weighted by atomic mass is 32.2.